The number of hydrogen-bond donors (Lipinski definition) is 1. The Hall–Kier alpha value is -2.08. The molecule has 0 spiro atoms. The van der Waals surface area contributed by atoms with Crippen molar-refractivity contribution < 1.29 is 14.3 Å². The number of hydrogen-bond acceptors (Lipinski definition) is 5. The topological polar surface area (TPSA) is 60.5 Å². The molecule has 114 valence electrons. The van der Waals surface area contributed by atoms with E-state index in [1.165, 1.54) is 17.7 Å². The molecule has 4 rings (SSSR count). The minimum Gasteiger partial charge on any atom is -0.486 e. The van der Waals surface area contributed by atoms with Crippen LogP contribution in [0, 0.1) is 0 Å². The van der Waals surface area contributed by atoms with Crippen molar-refractivity contribution in [1.29, 1.82) is 0 Å². The van der Waals surface area contributed by atoms with Gasteiger partial charge in [-0.3, -0.25) is 10.1 Å². The summed E-state index contributed by atoms with van der Waals surface area (Å²) in [6, 6.07) is 5.24. The summed E-state index contributed by atoms with van der Waals surface area (Å²) in [4.78, 5) is 18.2. The quantitative estimate of drug-likeness (QED) is 0.925. The number of nitrogens with one attached hydrogen (secondary N) is 1. The van der Waals surface area contributed by atoms with Crippen LogP contribution in [-0.2, 0) is 12.8 Å². The number of rotatable bonds is 2. The van der Waals surface area contributed by atoms with Crippen molar-refractivity contribution in [2.24, 2.45) is 0 Å². The van der Waals surface area contributed by atoms with Gasteiger partial charge in [0, 0.05) is 10.4 Å². The number of benzene rings is 1. The monoisotopic (exact) mass is 316 g/mol. The molecule has 2 heterocycles. The van der Waals surface area contributed by atoms with Crippen LogP contribution in [-0.4, -0.2) is 24.1 Å². The summed E-state index contributed by atoms with van der Waals surface area (Å²) in [5.74, 6) is 1.15. The van der Waals surface area contributed by atoms with Crippen molar-refractivity contribution in [2.45, 2.75) is 25.7 Å². The molecule has 1 aromatic carbocycles. The first kappa shape index (κ1) is 13.6. The van der Waals surface area contributed by atoms with Crippen LogP contribution in [0.1, 0.15) is 33.8 Å². The normalized spacial score (nSPS) is 16.0. The van der Waals surface area contributed by atoms with E-state index in [0.29, 0.717) is 35.4 Å². The summed E-state index contributed by atoms with van der Waals surface area (Å²) in [5.41, 5.74) is 1.70. The summed E-state index contributed by atoms with van der Waals surface area (Å²) >= 11 is 1.59. The molecule has 0 saturated carbocycles. The maximum atomic E-state index is 12.4. The summed E-state index contributed by atoms with van der Waals surface area (Å²) in [7, 11) is 0. The number of ether oxygens (including phenoxy) is 2. The lowest BCUT2D eigenvalue weighted by Crippen LogP contribution is -2.17. The van der Waals surface area contributed by atoms with Gasteiger partial charge in [0.2, 0.25) is 0 Å². The number of carbonyl (C=O) groups excluding carboxylic acids is 1. The van der Waals surface area contributed by atoms with Gasteiger partial charge in [-0.2, -0.15) is 0 Å². The Labute approximate surface area is 132 Å². The zero-order valence-electron chi connectivity index (χ0n) is 12.1. The van der Waals surface area contributed by atoms with Gasteiger partial charge in [-0.25, -0.2) is 4.98 Å². The predicted molar refractivity (Wildman–Crippen MR) is 84.1 cm³/mol. The molecule has 1 aliphatic heterocycles. The fourth-order valence-electron chi connectivity index (χ4n) is 2.76. The molecule has 0 bridgehead atoms. The Morgan fingerprint density at radius 1 is 1.14 bits per heavy atom. The van der Waals surface area contributed by atoms with Crippen molar-refractivity contribution in [3.05, 3.63) is 34.3 Å². The van der Waals surface area contributed by atoms with Crippen LogP contribution in [0.4, 0.5) is 5.13 Å². The average Bonchev–Trinajstić information content (AvgIpc) is 2.96. The Kier molecular flexibility index (Phi) is 3.46. The lowest BCUT2D eigenvalue weighted by atomic mass is 10.0. The standard InChI is InChI=1S/C16H16N2O3S/c19-15(10-5-6-12-13(9-10)21-8-7-20-12)18-16-17-11-3-1-2-4-14(11)22-16/h5-6,9H,1-4,7-8H2,(H,17,18,19). The first-order chi connectivity index (χ1) is 10.8. The van der Waals surface area contributed by atoms with Gasteiger partial charge in [-0.05, 0) is 43.9 Å². The number of nitrogens with zero attached hydrogens (tertiary/aromatic N) is 1. The van der Waals surface area contributed by atoms with Gasteiger partial charge >= 0.3 is 0 Å². The molecule has 6 heteroatoms. The third-order valence-corrected chi connectivity index (χ3v) is 4.94. The van der Waals surface area contributed by atoms with Gasteiger partial charge < -0.3 is 9.47 Å². The van der Waals surface area contributed by atoms with Crippen molar-refractivity contribution >= 4 is 22.4 Å². The first-order valence-corrected chi connectivity index (χ1v) is 8.31. The van der Waals surface area contributed by atoms with E-state index in [0.717, 1.165) is 18.5 Å². The van der Waals surface area contributed by atoms with E-state index in [9.17, 15) is 4.79 Å². The molecule has 0 saturated heterocycles. The number of carbonyl (C=O) groups is 1. The minimum atomic E-state index is -0.164. The number of aromatic nitrogens is 1. The second-order valence-electron chi connectivity index (χ2n) is 5.41. The fraction of sp³-hybridized carbons (Fsp3) is 0.375. The van der Waals surface area contributed by atoms with E-state index >= 15 is 0 Å². The molecular weight excluding hydrogens is 300 g/mol. The molecule has 0 atom stereocenters. The van der Waals surface area contributed by atoms with E-state index < -0.39 is 0 Å². The summed E-state index contributed by atoms with van der Waals surface area (Å²) in [6.45, 7) is 1.06. The Morgan fingerprint density at radius 3 is 2.82 bits per heavy atom. The molecule has 1 N–H and O–H groups in total. The molecule has 0 unspecified atom stereocenters. The third-order valence-electron chi connectivity index (χ3n) is 3.87. The van der Waals surface area contributed by atoms with E-state index in [-0.39, 0.29) is 5.91 Å². The second-order valence-corrected chi connectivity index (χ2v) is 6.49. The van der Waals surface area contributed by atoms with Gasteiger partial charge in [-0.15, -0.1) is 11.3 Å². The Bertz CT molecular complexity index is 703. The molecule has 2 aromatic rings. The smallest absolute Gasteiger partial charge is 0.257 e. The largest absolute Gasteiger partial charge is 0.486 e. The highest BCUT2D eigenvalue weighted by Crippen LogP contribution is 2.32. The van der Waals surface area contributed by atoms with E-state index in [2.05, 4.69) is 10.3 Å². The summed E-state index contributed by atoms with van der Waals surface area (Å²) < 4.78 is 11.0. The molecule has 0 radical (unpaired) electrons. The molecule has 5 nitrogen and oxygen atoms in total. The van der Waals surface area contributed by atoms with E-state index in [1.807, 2.05) is 0 Å². The molecule has 1 aliphatic carbocycles. The van der Waals surface area contributed by atoms with Crippen LogP contribution in [0.15, 0.2) is 18.2 Å². The fourth-order valence-corrected chi connectivity index (χ4v) is 3.80. The van der Waals surface area contributed by atoms with Crippen molar-refractivity contribution in [3.63, 3.8) is 0 Å². The van der Waals surface area contributed by atoms with E-state index in [4.69, 9.17) is 9.47 Å². The zero-order chi connectivity index (χ0) is 14.9. The molecule has 1 aromatic heterocycles. The number of aryl methyl sites for hydroxylation is 2. The van der Waals surface area contributed by atoms with Gasteiger partial charge in [-0.1, -0.05) is 0 Å². The highest BCUT2D eigenvalue weighted by molar-refractivity contribution is 7.15. The van der Waals surface area contributed by atoms with Crippen LogP contribution in [0.3, 0.4) is 0 Å². The first-order valence-electron chi connectivity index (χ1n) is 7.49. The number of anilines is 1. The third kappa shape index (κ3) is 2.54. The second kappa shape index (κ2) is 5.61. The van der Waals surface area contributed by atoms with Gasteiger partial charge in [0.1, 0.15) is 13.2 Å². The molecule has 2 aliphatic rings. The molecule has 22 heavy (non-hydrogen) atoms. The van der Waals surface area contributed by atoms with Crippen LogP contribution in [0.5, 0.6) is 11.5 Å². The predicted octanol–water partition coefficient (Wildman–Crippen LogP) is 3.05. The maximum Gasteiger partial charge on any atom is 0.257 e. The molecule has 0 fully saturated rings. The zero-order valence-corrected chi connectivity index (χ0v) is 12.9. The number of fused-ring (bicyclic) bond motifs is 2. The Morgan fingerprint density at radius 2 is 1.95 bits per heavy atom. The lowest BCUT2D eigenvalue weighted by Gasteiger charge is -2.18. The van der Waals surface area contributed by atoms with Crippen molar-refractivity contribution in [2.75, 3.05) is 18.5 Å². The van der Waals surface area contributed by atoms with Gasteiger partial charge in [0.05, 0.1) is 5.69 Å². The van der Waals surface area contributed by atoms with Crippen molar-refractivity contribution in [1.82, 2.24) is 4.98 Å². The van der Waals surface area contributed by atoms with Crippen LogP contribution in [0.25, 0.3) is 0 Å². The maximum absolute atomic E-state index is 12.4. The highest BCUT2D eigenvalue weighted by atomic mass is 32.1. The molecular formula is C16H16N2O3S. The average molecular weight is 316 g/mol. The van der Waals surface area contributed by atoms with Gasteiger partial charge in [0.25, 0.3) is 5.91 Å². The number of thiazole rings is 1. The lowest BCUT2D eigenvalue weighted by molar-refractivity contribution is 0.102. The van der Waals surface area contributed by atoms with Crippen molar-refractivity contribution in [3.8, 4) is 11.5 Å². The SMILES string of the molecule is O=C(Nc1nc2c(s1)CCCC2)c1ccc2c(c1)OCCO2. The van der Waals surface area contributed by atoms with Gasteiger partial charge in [0.15, 0.2) is 16.6 Å². The van der Waals surface area contributed by atoms with Crippen LogP contribution in [0.2, 0.25) is 0 Å². The highest BCUT2D eigenvalue weighted by Gasteiger charge is 2.18. The Balaban J connectivity index is 1.53. The molecule has 1 amide bonds. The minimum absolute atomic E-state index is 0.164. The number of amides is 1. The summed E-state index contributed by atoms with van der Waals surface area (Å²) in [6.07, 6.45) is 4.50. The van der Waals surface area contributed by atoms with E-state index in [1.54, 1.807) is 29.5 Å². The summed E-state index contributed by atoms with van der Waals surface area (Å²) in [5, 5.41) is 3.58. The van der Waals surface area contributed by atoms with Crippen LogP contribution >= 0.6 is 11.3 Å². The van der Waals surface area contributed by atoms with Crippen LogP contribution < -0.4 is 14.8 Å².